The van der Waals surface area contributed by atoms with Gasteiger partial charge in [-0.3, -0.25) is 9.69 Å². The third kappa shape index (κ3) is 4.04. The number of anilines is 1. The summed E-state index contributed by atoms with van der Waals surface area (Å²) < 4.78 is 19.3. The molecular formula is C19H23FN4O2. The molecule has 0 unspecified atom stereocenters. The predicted molar refractivity (Wildman–Crippen MR) is 95.5 cm³/mol. The van der Waals surface area contributed by atoms with Crippen molar-refractivity contribution < 1.29 is 13.6 Å². The molecule has 0 radical (unpaired) electrons. The minimum Gasteiger partial charge on any atom is -0.447 e. The number of aromatic nitrogens is 1. The smallest absolute Gasteiger partial charge is 0.273 e. The molecule has 0 bridgehead atoms. The van der Waals surface area contributed by atoms with E-state index in [2.05, 4.69) is 20.1 Å². The molecule has 1 amide bonds. The number of hydrogen-bond donors (Lipinski definition) is 1. The average molecular weight is 358 g/mol. The molecule has 0 spiro atoms. The molecule has 7 heteroatoms. The molecule has 2 heterocycles. The Kier molecular flexibility index (Phi) is 4.88. The molecule has 2 fully saturated rings. The number of amides is 1. The van der Waals surface area contributed by atoms with Gasteiger partial charge in [0.2, 0.25) is 5.89 Å². The molecule has 6 nitrogen and oxygen atoms in total. The van der Waals surface area contributed by atoms with Crippen molar-refractivity contribution in [1.29, 1.82) is 0 Å². The highest BCUT2D eigenvalue weighted by atomic mass is 19.1. The maximum Gasteiger partial charge on any atom is 0.273 e. The normalized spacial score (nSPS) is 18.1. The van der Waals surface area contributed by atoms with Crippen molar-refractivity contribution in [2.75, 3.05) is 37.6 Å². The van der Waals surface area contributed by atoms with E-state index in [1.807, 2.05) is 12.1 Å². The zero-order chi connectivity index (χ0) is 17.9. The molecule has 2 aromatic rings. The zero-order valence-electron chi connectivity index (χ0n) is 14.7. The number of carbonyl (C=O) groups excluding carboxylic acids is 1. The number of piperazine rings is 1. The predicted octanol–water partition coefficient (Wildman–Crippen LogP) is 2.28. The maximum atomic E-state index is 13.9. The molecule has 1 saturated carbocycles. The fourth-order valence-electron chi connectivity index (χ4n) is 3.18. The summed E-state index contributed by atoms with van der Waals surface area (Å²) in [7, 11) is 0. The lowest BCUT2D eigenvalue weighted by atomic mass is 10.2. The van der Waals surface area contributed by atoms with Gasteiger partial charge in [0.15, 0.2) is 5.69 Å². The van der Waals surface area contributed by atoms with Crippen LogP contribution in [0.5, 0.6) is 0 Å². The zero-order valence-corrected chi connectivity index (χ0v) is 14.7. The van der Waals surface area contributed by atoms with E-state index in [4.69, 9.17) is 4.42 Å². The van der Waals surface area contributed by atoms with Gasteiger partial charge in [0.25, 0.3) is 5.91 Å². The highest BCUT2D eigenvalue weighted by Crippen LogP contribution is 2.27. The van der Waals surface area contributed by atoms with E-state index in [1.54, 1.807) is 6.07 Å². The van der Waals surface area contributed by atoms with E-state index < -0.39 is 0 Å². The van der Waals surface area contributed by atoms with Crippen LogP contribution in [0.4, 0.5) is 10.1 Å². The van der Waals surface area contributed by atoms with Crippen LogP contribution in [-0.4, -0.2) is 48.5 Å². The molecule has 1 aliphatic heterocycles. The summed E-state index contributed by atoms with van der Waals surface area (Å²) in [5, 5.41) is 2.89. The second-order valence-electron chi connectivity index (χ2n) is 6.99. The topological polar surface area (TPSA) is 61.6 Å². The fraction of sp³-hybridized carbons (Fsp3) is 0.474. The quantitative estimate of drug-likeness (QED) is 0.858. The van der Waals surface area contributed by atoms with Gasteiger partial charge in [0, 0.05) is 32.7 Å². The highest BCUT2D eigenvalue weighted by molar-refractivity contribution is 5.91. The van der Waals surface area contributed by atoms with E-state index >= 15 is 0 Å². The van der Waals surface area contributed by atoms with Crippen molar-refractivity contribution in [3.63, 3.8) is 0 Å². The van der Waals surface area contributed by atoms with Crippen LogP contribution in [-0.2, 0) is 6.54 Å². The Morgan fingerprint density at radius 2 is 2.00 bits per heavy atom. The first-order valence-electron chi connectivity index (χ1n) is 9.13. The molecule has 26 heavy (non-hydrogen) atoms. The van der Waals surface area contributed by atoms with Gasteiger partial charge < -0.3 is 14.6 Å². The fourth-order valence-corrected chi connectivity index (χ4v) is 3.18. The Morgan fingerprint density at radius 3 is 2.73 bits per heavy atom. The van der Waals surface area contributed by atoms with E-state index in [0.717, 1.165) is 32.7 Å². The van der Waals surface area contributed by atoms with E-state index in [9.17, 15) is 9.18 Å². The minimum atomic E-state index is -0.185. The first-order valence-corrected chi connectivity index (χ1v) is 9.13. The summed E-state index contributed by atoms with van der Waals surface area (Å²) in [6, 6.07) is 6.86. The summed E-state index contributed by atoms with van der Waals surface area (Å²) in [6.45, 7) is 4.35. The van der Waals surface area contributed by atoms with Gasteiger partial charge in [0.1, 0.15) is 12.1 Å². The maximum absolute atomic E-state index is 13.9. The van der Waals surface area contributed by atoms with Gasteiger partial charge in [-0.1, -0.05) is 12.1 Å². The molecular weight excluding hydrogens is 335 g/mol. The molecule has 0 atom stereocenters. The van der Waals surface area contributed by atoms with Gasteiger partial charge in [-0.05, 0) is 30.9 Å². The SMILES string of the molecule is O=C(NCC1CC1)c1coc(CN2CCN(c3ccccc3F)CC2)n1. The second-order valence-corrected chi connectivity index (χ2v) is 6.99. The summed E-state index contributed by atoms with van der Waals surface area (Å²) in [5.74, 6) is 0.823. The Hall–Kier alpha value is -2.41. The molecule has 2 aliphatic rings. The summed E-state index contributed by atoms with van der Waals surface area (Å²) in [4.78, 5) is 20.6. The number of hydrogen-bond acceptors (Lipinski definition) is 5. The number of carbonyl (C=O) groups is 1. The van der Waals surface area contributed by atoms with Crippen molar-refractivity contribution in [2.24, 2.45) is 5.92 Å². The van der Waals surface area contributed by atoms with Crippen LogP contribution in [0.15, 0.2) is 34.9 Å². The van der Waals surface area contributed by atoms with E-state index in [0.29, 0.717) is 29.7 Å². The van der Waals surface area contributed by atoms with Gasteiger partial charge in [0.05, 0.1) is 12.2 Å². The van der Waals surface area contributed by atoms with Crippen molar-refractivity contribution in [3.05, 3.63) is 47.9 Å². The standard InChI is InChI=1S/C19H23FN4O2/c20-15-3-1-2-4-17(15)24-9-7-23(8-10-24)12-18-22-16(13-26-18)19(25)21-11-14-5-6-14/h1-4,13-14H,5-12H2,(H,21,25). The van der Waals surface area contributed by atoms with Crippen molar-refractivity contribution in [1.82, 2.24) is 15.2 Å². The molecule has 4 rings (SSSR count). The number of rotatable bonds is 6. The number of nitrogens with one attached hydrogen (secondary N) is 1. The van der Waals surface area contributed by atoms with Gasteiger partial charge >= 0.3 is 0 Å². The number of halogens is 1. The molecule has 138 valence electrons. The third-order valence-corrected chi connectivity index (χ3v) is 4.96. The van der Waals surface area contributed by atoms with Crippen LogP contribution in [0.1, 0.15) is 29.2 Å². The van der Waals surface area contributed by atoms with Crippen LogP contribution in [0.25, 0.3) is 0 Å². The van der Waals surface area contributed by atoms with Crippen molar-refractivity contribution in [2.45, 2.75) is 19.4 Å². The molecule has 1 aromatic carbocycles. The van der Waals surface area contributed by atoms with E-state index in [1.165, 1.54) is 25.2 Å². The minimum absolute atomic E-state index is 0.170. The van der Waals surface area contributed by atoms with Crippen LogP contribution in [0.2, 0.25) is 0 Å². The third-order valence-electron chi connectivity index (χ3n) is 4.96. The first-order chi connectivity index (χ1) is 12.7. The van der Waals surface area contributed by atoms with Crippen molar-refractivity contribution >= 4 is 11.6 Å². The number of para-hydroxylation sites is 1. The largest absolute Gasteiger partial charge is 0.447 e. The Bertz CT molecular complexity index is 766. The number of oxazole rings is 1. The average Bonchev–Trinajstić information content (AvgIpc) is 3.38. The van der Waals surface area contributed by atoms with Gasteiger partial charge in [-0.2, -0.15) is 0 Å². The number of benzene rings is 1. The molecule has 1 aromatic heterocycles. The van der Waals surface area contributed by atoms with Gasteiger partial charge in [-0.25, -0.2) is 9.37 Å². The number of nitrogens with zero attached hydrogens (tertiary/aromatic N) is 3. The Labute approximate surface area is 152 Å². The second kappa shape index (κ2) is 7.45. The molecule has 1 saturated heterocycles. The Morgan fingerprint density at radius 1 is 1.23 bits per heavy atom. The summed E-state index contributed by atoms with van der Waals surface area (Å²) in [5.41, 5.74) is 0.989. The van der Waals surface area contributed by atoms with Gasteiger partial charge in [-0.15, -0.1) is 0 Å². The van der Waals surface area contributed by atoms with Crippen LogP contribution in [0.3, 0.4) is 0 Å². The lowest BCUT2D eigenvalue weighted by Crippen LogP contribution is -2.46. The van der Waals surface area contributed by atoms with Crippen LogP contribution in [0, 0.1) is 11.7 Å². The highest BCUT2D eigenvalue weighted by Gasteiger charge is 2.24. The molecule has 1 aliphatic carbocycles. The summed E-state index contributed by atoms with van der Waals surface area (Å²) >= 11 is 0. The lowest BCUT2D eigenvalue weighted by Gasteiger charge is -2.35. The van der Waals surface area contributed by atoms with E-state index in [-0.39, 0.29) is 11.7 Å². The summed E-state index contributed by atoms with van der Waals surface area (Å²) in [6.07, 6.45) is 3.82. The lowest BCUT2D eigenvalue weighted by molar-refractivity contribution is 0.0946. The van der Waals surface area contributed by atoms with Crippen LogP contribution >= 0.6 is 0 Å². The Balaban J connectivity index is 1.28. The van der Waals surface area contributed by atoms with Crippen molar-refractivity contribution in [3.8, 4) is 0 Å². The molecule has 1 N–H and O–H groups in total. The van der Waals surface area contributed by atoms with Crippen LogP contribution < -0.4 is 10.2 Å². The first kappa shape index (κ1) is 17.0. The monoisotopic (exact) mass is 358 g/mol.